The van der Waals surface area contributed by atoms with Gasteiger partial charge in [-0.1, -0.05) is 13.3 Å². The van der Waals surface area contributed by atoms with Crippen LogP contribution in [0.3, 0.4) is 0 Å². The quantitative estimate of drug-likeness (QED) is 0.828. The van der Waals surface area contributed by atoms with Crippen molar-refractivity contribution in [1.29, 1.82) is 0 Å². The molecule has 1 aromatic rings. The minimum Gasteiger partial charge on any atom is -0.391 e. The summed E-state index contributed by atoms with van der Waals surface area (Å²) < 4.78 is 76.1. The molecule has 21 heavy (non-hydrogen) atoms. The van der Waals surface area contributed by atoms with E-state index in [-0.39, 0.29) is 12.5 Å². The lowest BCUT2D eigenvalue weighted by Crippen LogP contribution is -2.27. The third-order valence-corrected chi connectivity index (χ3v) is 2.99. The lowest BCUT2D eigenvalue weighted by Gasteiger charge is -2.21. The zero-order valence-corrected chi connectivity index (χ0v) is 11.1. The molecule has 0 aliphatic heterocycles. The van der Waals surface area contributed by atoms with Crippen molar-refractivity contribution in [1.82, 2.24) is 0 Å². The fraction of sp³-hybridized carbons (Fsp3) is 0.538. The maximum atomic E-state index is 12.7. The first kappa shape index (κ1) is 17.8. The summed E-state index contributed by atoms with van der Waals surface area (Å²) in [6, 6.07) is -0.201. The Kier molecular flexibility index (Phi) is 5.27. The molecule has 0 heterocycles. The highest BCUT2D eigenvalue weighted by molar-refractivity contribution is 5.35. The van der Waals surface area contributed by atoms with Crippen molar-refractivity contribution >= 4 is 0 Å². The first-order valence-electron chi connectivity index (χ1n) is 6.19. The van der Waals surface area contributed by atoms with E-state index in [9.17, 15) is 31.4 Å². The first-order valence-corrected chi connectivity index (χ1v) is 6.19. The first-order chi connectivity index (χ1) is 9.46. The van der Waals surface area contributed by atoms with Crippen molar-refractivity contribution in [2.75, 3.05) is 0 Å². The molecular weight excluding hydrogens is 300 g/mol. The fourth-order valence-electron chi connectivity index (χ4n) is 1.87. The number of aliphatic hydroxyl groups is 1. The van der Waals surface area contributed by atoms with Gasteiger partial charge in [0.2, 0.25) is 0 Å². The summed E-state index contributed by atoms with van der Waals surface area (Å²) in [7, 11) is 0. The summed E-state index contributed by atoms with van der Waals surface area (Å²) >= 11 is 0. The van der Waals surface area contributed by atoms with Crippen LogP contribution in [0.1, 0.15) is 42.5 Å². The summed E-state index contributed by atoms with van der Waals surface area (Å²) in [5.41, 5.74) is 2.30. The van der Waals surface area contributed by atoms with E-state index in [1.807, 2.05) is 0 Å². The Morgan fingerprint density at radius 1 is 1.00 bits per heavy atom. The van der Waals surface area contributed by atoms with Gasteiger partial charge in [-0.15, -0.1) is 0 Å². The molecule has 0 unspecified atom stereocenters. The molecule has 0 fully saturated rings. The highest BCUT2D eigenvalue weighted by Gasteiger charge is 2.37. The van der Waals surface area contributed by atoms with Crippen molar-refractivity contribution in [3.05, 3.63) is 34.9 Å². The highest BCUT2D eigenvalue weighted by atomic mass is 19.4. The van der Waals surface area contributed by atoms with Crippen molar-refractivity contribution in [3.8, 4) is 0 Å². The Balaban J connectivity index is 3.32. The lowest BCUT2D eigenvalue weighted by molar-refractivity contribution is -0.143. The molecule has 0 bridgehead atoms. The molecule has 0 saturated heterocycles. The molecule has 1 rings (SSSR count). The van der Waals surface area contributed by atoms with Gasteiger partial charge in [-0.2, -0.15) is 26.3 Å². The predicted molar refractivity (Wildman–Crippen MR) is 64.3 cm³/mol. The van der Waals surface area contributed by atoms with E-state index in [0.29, 0.717) is 18.6 Å². The van der Waals surface area contributed by atoms with Crippen molar-refractivity contribution in [3.63, 3.8) is 0 Å². The lowest BCUT2D eigenvalue weighted by atomic mass is 9.95. The van der Waals surface area contributed by atoms with E-state index in [1.54, 1.807) is 6.92 Å². The minimum atomic E-state index is -4.93. The van der Waals surface area contributed by atoms with Gasteiger partial charge in [0.15, 0.2) is 0 Å². The van der Waals surface area contributed by atoms with Gasteiger partial charge in [-0.05, 0) is 30.2 Å². The number of rotatable bonds is 4. The number of hydrogen-bond acceptors (Lipinski definition) is 2. The van der Waals surface area contributed by atoms with Gasteiger partial charge >= 0.3 is 12.4 Å². The third kappa shape index (κ3) is 4.60. The number of alkyl halides is 6. The molecule has 120 valence electrons. The van der Waals surface area contributed by atoms with Crippen LogP contribution in [-0.4, -0.2) is 11.2 Å². The van der Waals surface area contributed by atoms with Crippen LogP contribution in [0.2, 0.25) is 0 Å². The Morgan fingerprint density at radius 2 is 1.43 bits per heavy atom. The van der Waals surface area contributed by atoms with Crippen LogP contribution in [0.25, 0.3) is 0 Å². The summed E-state index contributed by atoms with van der Waals surface area (Å²) in [5.74, 6) is 0. The van der Waals surface area contributed by atoms with Gasteiger partial charge in [-0.3, -0.25) is 0 Å². The molecule has 1 aromatic carbocycles. The molecule has 8 heteroatoms. The standard InChI is InChI=1S/C13H15F6NO/c1-2-3-10(21)11(20)7-4-8(12(14,15)16)6-9(5-7)13(17,18)19/h4-6,10-11,21H,2-3,20H2,1H3/t10-,11+/m1/s1. The normalized spacial score (nSPS) is 15.9. The van der Waals surface area contributed by atoms with Crippen LogP contribution in [-0.2, 0) is 12.4 Å². The van der Waals surface area contributed by atoms with Crippen LogP contribution >= 0.6 is 0 Å². The van der Waals surface area contributed by atoms with E-state index >= 15 is 0 Å². The Hall–Kier alpha value is -1.28. The van der Waals surface area contributed by atoms with E-state index < -0.39 is 41.2 Å². The molecule has 0 radical (unpaired) electrons. The van der Waals surface area contributed by atoms with E-state index in [4.69, 9.17) is 5.73 Å². The van der Waals surface area contributed by atoms with Gasteiger partial charge in [-0.25, -0.2) is 0 Å². The SMILES string of the molecule is CCC[C@@H](O)[C@@H](N)c1cc(C(F)(F)F)cc(C(F)(F)F)c1. The molecule has 0 spiro atoms. The van der Waals surface area contributed by atoms with Crippen LogP contribution in [0.5, 0.6) is 0 Å². The molecule has 0 saturated carbocycles. The average molecular weight is 315 g/mol. The largest absolute Gasteiger partial charge is 0.416 e. The summed E-state index contributed by atoms with van der Waals surface area (Å²) in [5, 5.41) is 9.67. The number of aliphatic hydroxyl groups excluding tert-OH is 1. The van der Waals surface area contributed by atoms with Crippen molar-refractivity contribution < 1.29 is 31.4 Å². The molecule has 0 aromatic heterocycles. The number of nitrogens with two attached hydrogens (primary N) is 1. The number of hydrogen-bond donors (Lipinski definition) is 2. The Morgan fingerprint density at radius 3 is 1.76 bits per heavy atom. The summed E-state index contributed by atoms with van der Waals surface area (Å²) in [4.78, 5) is 0. The predicted octanol–water partition coefficient (Wildman–Crippen LogP) is 3.89. The summed E-state index contributed by atoms with van der Waals surface area (Å²) in [6.45, 7) is 1.71. The number of benzene rings is 1. The van der Waals surface area contributed by atoms with E-state index in [2.05, 4.69) is 0 Å². The second kappa shape index (κ2) is 6.23. The topological polar surface area (TPSA) is 46.2 Å². The maximum Gasteiger partial charge on any atom is 0.416 e. The van der Waals surface area contributed by atoms with E-state index in [1.165, 1.54) is 0 Å². The van der Waals surface area contributed by atoms with Crippen LogP contribution in [0.4, 0.5) is 26.3 Å². The summed E-state index contributed by atoms with van der Waals surface area (Å²) in [6.07, 6.45) is -10.4. The number of halogens is 6. The minimum absolute atomic E-state index is 0.0302. The van der Waals surface area contributed by atoms with E-state index in [0.717, 1.165) is 0 Å². The molecule has 2 atom stereocenters. The second-order valence-electron chi connectivity index (χ2n) is 4.72. The smallest absolute Gasteiger partial charge is 0.391 e. The Labute approximate surface area is 117 Å². The van der Waals surface area contributed by atoms with Crippen molar-refractivity contribution in [2.45, 2.75) is 44.3 Å². The molecule has 0 aliphatic rings. The van der Waals surface area contributed by atoms with Gasteiger partial charge in [0, 0.05) is 0 Å². The third-order valence-electron chi connectivity index (χ3n) is 2.99. The van der Waals surface area contributed by atoms with Crippen molar-refractivity contribution in [2.24, 2.45) is 5.73 Å². The van der Waals surface area contributed by atoms with Crippen LogP contribution < -0.4 is 5.73 Å². The maximum absolute atomic E-state index is 12.7. The van der Waals surface area contributed by atoms with Gasteiger partial charge in [0.25, 0.3) is 0 Å². The van der Waals surface area contributed by atoms with Gasteiger partial charge in [0.05, 0.1) is 23.3 Å². The monoisotopic (exact) mass is 315 g/mol. The molecule has 0 amide bonds. The molecule has 3 N–H and O–H groups in total. The average Bonchev–Trinajstić information content (AvgIpc) is 2.35. The van der Waals surface area contributed by atoms with Crippen LogP contribution in [0, 0.1) is 0 Å². The highest BCUT2D eigenvalue weighted by Crippen LogP contribution is 2.37. The zero-order chi connectivity index (χ0) is 16.4. The van der Waals surface area contributed by atoms with Gasteiger partial charge in [0.1, 0.15) is 0 Å². The second-order valence-corrected chi connectivity index (χ2v) is 4.72. The van der Waals surface area contributed by atoms with Gasteiger partial charge < -0.3 is 10.8 Å². The van der Waals surface area contributed by atoms with Crippen LogP contribution in [0.15, 0.2) is 18.2 Å². The Bertz CT molecular complexity index is 450. The fourth-order valence-corrected chi connectivity index (χ4v) is 1.87. The molecule has 2 nitrogen and oxygen atoms in total. The molecule has 0 aliphatic carbocycles. The molecular formula is C13H15F6NO. The zero-order valence-electron chi connectivity index (χ0n) is 11.1.